The van der Waals surface area contributed by atoms with Crippen LogP contribution in [0.2, 0.25) is 0 Å². The Balaban J connectivity index is 1.89. The predicted octanol–water partition coefficient (Wildman–Crippen LogP) is 4.94. The zero-order valence-electron chi connectivity index (χ0n) is 12.1. The highest BCUT2D eigenvalue weighted by atomic mass is 79.9. The van der Waals surface area contributed by atoms with Crippen LogP contribution in [0.15, 0.2) is 57.9 Å². The minimum atomic E-state index is -0.195. The van der Waals surface area contributed by atoms with Gasteiger partial charge in [0.05, 0.1) is 5.69 Å². The Morgan fingerprint density at radius 1 is 1.17 bits per heavy atom. The lowest BCUT2D eigenvalue weighted by Gasteiger charge is -2.08. The molecule has 2 aromatic carbocycles. The molecule has 4 nitrogen and oxygen atoms in total. The van der Waals surface area contributed by atoms with E-state index in [0.717, 1.165) is 32.2 Å². The molecule has 0 radical (unpaired) electrons. The van der Waals surface area contributed by atoms with Gasteiger partial charge in [0.2, 0.25) is 0 Å². The number of halogens is 1. The van der Waals surface area contributed by atoms with Crippen LogP contribution in [0.25, 0.3) is 11.3 Å². The highest BCUT2D eigenvalue weighted by Gasteiger charge is 2.18. The summed E-state index contributed by atoms with van der Waals surface area (Å²) < 4.78 is 4.92. The molecule has 1 aromatic heterocycles. The SMILES string of the molecule is CSc1ccccc1NC(=O)c1snnc1-c1ccc(Br)cc1. The van der Waals surface area contributed by atoms with Gasteiger partial charge < -0.3 is 5.32 Å². The van der Waals surface area contributed by atoms with Crippen molar-refractivity contribution in [1.82, 2.24) is 9.59 Å². The van der Waals surface area contributed by atoms with Gasteiger partial charge >= 0.3 is 0 Å². The lowest BCUT2D eigenvalue weighted by molar-refractivity contribution is 0.103. The Morgan fingerprint density at radius 2 is 1.91 bits per heavy atom. The first-order valence-electron chi connectivity index (χ1n) is 6.71. The Kier molecular flexibility index (Phi) is 5.09. The average molecular weight is 406 g/mol. The number of carbonyl (C=O) groups excluding carboxylic acids is 1. The molecule has 7 heteroatoms. The number of carbonyl (C=O) groups is 1. The van der Waals surface area contributed by atoms with Crippen molar-refractivity contribution < 1.29 is 4.79 Å². The van der Waals surface area contributed by atoms with Crippen molar-refractivity contribution in [1.29, 1.82) is 0 Å². The van der Waals surface area contributed by atoms with E-state index in [-0.39, 0.29) is 5.91 Å². The first kappa shape index (κ1) is 16.2. The molecule has 116 valence electrons. The van der Waals surface area contributed by atoms with Crippen molar-refractivity contribution in [3.05, 3.63) is 57.9 Å². The average Bonchev–Trinajstić information content (AvgIpc) is 3.06. The minimum Gasteiger partial charge on any atom is -0.320 e. The Bertz CT molecular complexity index is 833. The highest BCUT2D eigenvalue weighted by Crippen LogP contribution is 2.28. The summed E-state index contributed by atoms with van der Waals surface area (Å²) in [6.07, 6.45) is 1.98. The zero-order valence-corrected chi connectivity index (χ0v) is 15.3. The quantitative estimate of drug-likeness (QED) is 0.624. The highest BCUT2D eigenvalue weighted by molar-refractivity contribution is 9.10. The van der Waals surface area contributed by atoms with Gasteiger partial charge in [-0.1, -0.05) is 44.7 Å². The predicted molar refractivity (Wildman–Crippen MR) is 99.2 cm³/mol. The van der Waals surface area contributed by atoms with E-state index in [1.54, 1.807) is 11.8 Å². The van der Waals surface area contributed by atoms with Crippen LogP contribution in [0.3, 0.4) is 0 Å². The molecular formula is C16H12BrN3OS2. The number of rotatable bonds is 4. The number of amides is 1. The van der Waals surface area contributed by atoms with Gasteiger partial charge in [0.25, 0.3) is 5.91 Å². The normalized spacial score (nSPS) is 10.5. The topological polar surface area (TPSA) is 54.9 Å². The molecule has 0 atom stereocenters. The number of aromatic nitrogens is 2. The molecular weight excluding hydrogens is 394 g/mol. The summed E-state index contributed by atoms with van der Waals surface area (Å²) in [5.74, 6) is -0.195. The van der Waals surface area contributed by atoms with Crippen molar-refractivity contribution >= 4 is 50.8 Å². The van der Waals surface area contributed by atoms with Crippen LogP contribution >= 0.6 is 39.2 Å². The van der Waals surface area contributed by atoms with Crippen LogP contribution in [0.5, 0.6) is 0 Å². The van der Waals surface area contributed by atoms with Crippen molar-refractivity contribution in [3.8, 4) is 11.3 Å². The molecule has 0 saturated heterocycles. The number of hydrogen-bond donors (Lipinski definition) is 1. The molecule has 0 unspecified atom stereocenters. The van der Waals surface area contributed by atoms with E-state index < -0.39 is 0 Å². The van der Waals surface area contributed by atoms with E-state index in [4.69, 9.17) is 0 Å². The van der Waals surface area contributed by atoms with Crippen LogP contribution in [0, 0.1) is 0 Å². The molecule has 0 bridgehead atoms. The minimum absolute atomic E-state index is 0.195. The van der Waals surface area contributed by atoms with Gasteiger partial charge in [0.15, 0.2) is 0 Å². The van der Waals surface area contributed by atoms with Crippen molar-refractivity contribution in [2.45, 2.75) is 4.90 Å². The van der Waals surface area contributed by atoms with E-state index in [1.165, 1.54) is 0 Å². The first-order valence-corrected chi connectivity index (χ1v) is 9.51. The van der Waals surface area contributed by atoms with Gasteiger partial charge in [-0.3, -0.25) is 4.79 Å². The zero-order chi connectivity index (χ0) is 16.2. The Hall–Kier alpha value is -1.70. The number of nitrogens with one attached hydrogen (secondary N) is 1. The third kappa shape index (κ3) is 3.63. The van der Waals surface area contributed by atoms with Gasteiger partial charge in [-0.25, -0.2) is 0 Å². The maximum absolute atomic E-state index is 12.6. The lowest BCUT2D eigenvalue weighted by atomic mass is 10.1. The largest absolute Gasteiger partial charge is 0.320 e. The maximum atomic E-state index is 12.6. The van der Waals surface area contributed by atoms with Gasteiger partial charge in [0, 0.05) is 14.9 Å². The van der Waals surface area contributed by atoms with Gasteiger partial charge in [0.1, 0.15) is 10.6 Å². The molecule has 1 amide bonds. The first-order chi connectivity index (χ1) is 11.2. The number of benzene rings is 2. The fourth-order valence-electron chi connectivity index (χ4n) is 2.06. The summed E-state index contributed by atoms with van der Waals surface area (Å²) in [6.45, 7) is 0. The van der Waals surface area contributed by atoms with E-state index in [9.17, 15) is 4.79 Å². The molecule has 3 aromatic rings. The Morgan fingerprint density at radius 3 is 2.65 bits per heavy atom. The third-order valence-electron chi connectivity index (χ3n) is 3.17. The van der Waals surface area contributed by atoms with E-state index in [2.05, 4.69) is 30.8 Å². The number of para-hydroxylation sites is 1. The summed E-state index contributed by atoms with van der Waals surface area (Å²) in [7, 11) is 0. The molecule has 3 rings (SSSR count). The summed E-state index contributed by atoms with van der Waals surface area (Å²) in [4.78, 5) is 14.1. The second-order valence-corrected chi connectivity index (χ2v) is 7.13. The monoisotopic (exact) mass is 405 g/mol. The van der Waals surface area contributed by atoms with Gasteiger partial charge in [-0.2, -0.15) is 0 Å². The van der Waals surface area contributed by atoms with Gasteiger partial charge in [-0.15, -0.1) is 16.9 Å². The van der Waals surface area contributed by atoms with Crippen LogP contribution in [0.1, 0.15) is 9.67 Å². The van der Waals surface area contributed by atoms with Crippen molar-refractivity contribution in [2.75, 3.05) is 11.6 Å². The summed E-state index contributed by atoms with van der Waals surface area (Å²) in [6, 6.07) is 15.4. The third-order valence-corrected chi connectivity index (χ3v) is 5.22. The lowest BCUT2D eigenvalue weighted by Crippen LogP contribution is -2.12. The molecule has 0 aliphatic rings. The van der Waals surface area contributed by atoms with Crippen LogP contribution in [0.4, 0.5) is 5.69 Å². The maximum Gasteiger partial charge on any atom is 0.269 e. The molecule has 1 heterocycles. The van der Waals surface area contributed by atoms with E-state index in [0.29, 0.717) is 10.6 Å². The van der Waals surface area contributed by atoms with Crippen LogP contribution in [-0.4, -0.2) is 21.7 Å². The molecule has 23 heavy (non-hydrogen) atoms. The van der Waals surface area contributed by atoms with Gasteiger partial charge in [-0.05, 0) is 42.1 Å². The van der Waals surface area contributed by atoms with Crippen LogP contribution < -0.4 is 5.32 Å². The summed E-state index contributed by atoms with van der Waals surface area (Å²) in [5.41, 5.74) is 2.26. The second kappa shape index (κ2) is 7.25. The Labute approximate surface area is 150 Å². The fraction of sp³-hybridized carbons (Fsp3) is 0.0625. The van der Waals surface area contributed by atoms with E-state index in [1.807, 2.05) is 54.8 Å². The second-order valence-electron chi connectivity index (χ2n) is 4.61. The number of nitrogens with zero attached hydrogens (tertiary/aromatic N) is 2. The number of anilines is 1. The smallest absolute Gasteiger partial charge is 0.269 e. The van der Waals surface area contributed by atoms with Crippen molar-refractivity contribution in [3.63, 3.8) is 0 Å². The van der Waals surface area contributed by atoms with Crippen molar-refractivity contribution in [2.24, 2.45) is 0 Å². The molecule has 0 saturated carbocycles. The number of hydrogen-bond acceptors (Lipinski definition) is 5. The summed E-state index contributed by atoms with van der Waals surface area (Å²) in [5, 5.41) is 7.06. The standard InChI is InChI=1S/C16H12BrN3OS2/c1-22-13-5-3-2-4-12(13)18-16(21)15-14(19-20-23-15)10-6-8-11(17)9-7-10/h2-9H,1H3,(H,18,21). The summed E-state index contributed by atoms with van der Waals surface area (Å²) >= 11 is 6.09. The number of thioether (sulfide) groups is 1. The molecule has 0 spiro atoms. The molecule has 1 N–H and O–H groups in total. The molecule has 0 aliphatic heterocycles. The molecule has 0 fully saturated rings. The van der Waals surface area contributed by atoms with E-state index >= 15 is 0 Å². The fourth-order valence-corrected chi connectivity index (χ4v) is 3.46. The molecule has 0 aliphatic carbocycles. The van der Waals surface area contributed by atoms with Crippen LogP contribution in [-0.2, 0) is 0 Å².